The molecule has 1 fully saturated rings. The van der Waals surface area contributed by atoms with E-state index in [1.807, 2.05) is 31.2 Å². The standard InChI is InChI=1S/C25H24F3N5O/c1-16-31-21-8-2-3-9-22(21)32(16)13-5-12-29-24(34)20-15-30-33(23(20)17-10-11-17)19-7-4-6-18(14-19)25(26,27)28/h2-4,6-9,14-15,17H,5,10-13H2,1H3,(H,29,34). The van der Waals surface area contributed by atoms with E-state index in [0.717, 1.165) is 41.8 Å². The van der Waals surface area contributed by atoms with Gasteiger partial charge in [0.15, 0.2) is 0 Å². The minimum absolute atomic E-state index is 0.123. The monoisotopic (exact) mass is 467 g/mol. The van der Waals surface area contributed by atoms with Gasteiger partial charge in [0.05, 0.1) is 39.7 Å². The fourth-order valence-electron chi connectivity index (χ4n) is 4.31. The van der Waals surface area contributed by atoms with Gasteiger partial charge in [0, 0.05) is 19.0 Å². The molecule has 0 unspecified atom stereocenters. The van der Waals surface area contributed by atoms with Crippen LogP contribution in [0.2, 0.25) is 0 Å². The molecule has 6 nitrogen and oxygen atoms in total. The van der Waals surface area contributed by atoms with E-state index < -0.39 is 11.7 Å². The van der Waals surface area contributed by atoms with Crippen molar-refractivity contribution in [2.45, 2.75) is 44.8 Å². The van der Waals surface area contributed by atoms with Crippen LogP contribution in [-0.4, -0.2) is 31.8 Å². The highest BCUT2D eigenvalue weighted by molar-refractivity contribution is 5.95. The van der Waals surface area contributed by atoms with E-state index in [9.17, 15) is 18.0 Å². The Balaban J connectivity index is 1.29. The lowest BCUT2D eigenvalue weighted by atomic mass is 10.1. The van der Waals surface area contributed by atoms with Crippen LogP contribution < -0.4 is 5.32 Å². The largest absolute Gasteiger partial charge is 0.416 e. The molecule has 0 bridgehead atoms. The van der Waals surface area contributed by atoms with Crippen molar-refractivity contribution in [2.24, 2.45) is 0 Å². The van der Waals surface area contributed by atoms with Gasteiger partial charge < -0.3 is 9.88 Å². The van der Waals surface area contributed by atoms with Gasteiger partial charge in [-0.15, -0.1) is 0 Å². The number of benzene rings is 2. The number of halogens is 3. The molecule has 1 saturated carbocycles. The van der Waals surface area contributed by atoms with E-state index in [4.69, 9.17) is 0 Å². The molecule has 0 saturated heterocycles. The number of imidazole rings is 1. The van der Waals surface area contributed by atoms with E-state index >= 15 is 0 Å². The predicted octanol–water partition coefficient (Wildman–Crippen LogP) is 5.25. The van der Waals surface area contributed by atoms with Gasteiger partial charge >= 0.3 is 6.18 Å². The molecular weight excluding hydrogens is 443 g/mol. The third-order valence-corrected chi connectivity index (χ3v) is 6.12. The van der Waals surface area contributed by atoms with Crippen LogP contribution in [0.3, 0.4) is 0 Å². The summed E-state index contributed by atoms with van der Waals surface area (Å²) in [7, 11) is 0. The molecule has 0 spiro atoms. The maximum Gasteiger partial charge on any atom is 0.416 e. The van der Waals surface area contributed by atoms with Gasteiger partial charge in [-0.1, -0.05) is 18.2 Å². The predicted molar refractivity (Wildman–Crippen MR) is 122 cm³/mol. The van der Waals surface area contributed by atoms with Crippen LogP contribution in [0.15, 0.2) is 54.7 Å². The number of carbonyl (C=O) groups is 1. The molecule has 2 heterocycles. The fourth-order valence-corrected chi connectivity index (χ4v) is 4.31. The number of alkyl halides is 3. The Hall–Kier alpha value is -3.62. The van der Waals surface area contributed by atoms with Gasteiger partial charge in [-0.05, 0) is 56.5 Å². The number of rotatable bonds is 7. The molecule has 34 heavy (non-hydrogen) atoms. The van der Waals surface area contributed by atoms with E-state index in [1.54, 1.807) is 6.07 Å². The molecule has 9 heteroatoms. The second-order valence-electron chi connectivity index (χ2n) is 8.59. The molecule has 0 aliphatic heterocycles. The minimum atomic E-state index is -4.44. The van der Waals surface area contributed by atoms with Crippen LogP contribution in [0.5, 0.6) is 0 Å². The summed E-state index contributed by atoms with van der Waals surface area (Å²) in [5, 5.41) is 7.23. The fraction of sp³-hybridized carbons (Fsp3) is 0.320. The number of nitrogens with zero attached hydrogens (tertiary/aromatic N) is 4. The smallest absolute Gasteiger partial charge is 0.352 e. The Bertz CT molecular complexity index is 1350. The molecule has 1 aliphatic carbocycles. The van der Waals surface area contributed by atoms with Crippen LogP contribution in [0.4, 0.5) is 13.2 Å². The zero-order chi connectivity index (χ0) is 23.9. The van der Waals surface area contributed by atoms with Crippen molar-refractivity contribution in [3.8, 4) is 5.69 Å². The van der Waals surface area contributed by atoms with Crippen molar-refractivity contribution < 1.29 is 18.0 Å². The average molecular weight is 467 g/mol. The third-order valence-electron chi connectivity index (χ3n) is 6.12. The number of fused-ring (bicyclic) bond motifs is 1. The molecular formula is C25H24F3N5O. The van der Waals surface area contributed by atoms with Gasteiger partial charge in [0.25, 0.3) is 5.91 Å². The Morgan fingerprint density at radius 1 is 1.15 bits per heavy atom. The third kappa shape index (κ3) is 4.30. The molecule has 0 radical (unpaired) electrons. The quantitative estimate of drug-likeness (QED) is 0.378. The first-order valence-corrected chi connectivity index (χ1v) is 11.3. The Labute approximate surface area is 194 Å². The van der Waals surface area contributed by atoms with Crippen LogP contribution in [0, 0.1) is 6.92 Å². The van der Waals surface area contributed by atoms with E-state index in [-0.39, 0.29) is 11.8 Å². The van der Waals surface area contributed by atoms with Crippen molar-refractivity contribution in [3.63, 3.8) is 0 Å². The molecule has 1 N–H and O–H groups in total. The van der Waals surface area contributed by atoms with Gasteiger partial charge in [-0.2, -0.15) is 18.3 Å². The summed E-state index contributed by atoms with van der Waals surface area (Å²) in [5.74, 6) is 0.788. The van der Waals surface area contributed by atoms with Gasteiger partial charge in [-0.25, -0.2) is 9.67 Å². The second kappa shape index (κ2) is 8.62. The number of amides is 1. The first-order valence-electron chi connectivity index (χ1n) is 11.3. The topological polar surface area (TPSA) is 64.7 Å². The Kier molecular flexibility index (Phi) is 5.63. The van der Waals surface area contributed by atoms with Crippen LogP contribution in [0.25, 0.3) is 16.7 Å². The Morgan fingerprint density at radius 3 is 2.71 bits per heavy atom. The molecule has 2 aromatic carbocycles. The van der Waals surface area contributed by atoms with E-state index in [2.05, 4.69) is 20.0 Å². The number of nitrogens with one attached hydrogen (secondary N) is 1. The summed E-state index contributed by atoms with van der Waals surface area (Å²) >= 11 is 0. The lowest BCUT2D eigenvalue weighted by Gasteiger charge is -2.12. The molecule has 1 aliphatic rings. The normalized spacial score (nSPS) is 14.0. The lowest BCUT2D eigenvalue weighted by Crippen LogP contribution is -2.26. The summed E-state index contributed by atoms with van der Waals surface area (Å²) in [6, 6.07) is 13.0. The van der Waals surface area contributed by atoms with Gasteiger partial charge in [0.1, 0.15) is 5.82 Å². The molecule has 2 aromatic heterocycles. The Morgan fingerprint density at radius 2 is 1.94 bits per heavy atom. The van der Waals surface area contributed by atoms with Crippen molar-refractivity contribution in [2.75, 3.05) is 6.54 Å². The van der Waals surface area contributed by atoms with Crippen molar-refractivity contribution in [1.82, 2.24) is 24.6 Å². The zero-order valence-electron chi connectivity index (χ0n) is 18.6. The maximum atomic E-state index is 13.2. The highest BCUT2D eigenvalue weighted by atomic mass is 19.4. The number of para-hydroxylation sites is 2. The van der Waals surface area contributed by atoms with E-state index in [1.165, 1.54) is 16.9 Å². The average Bonchev–Trinajstić information content (AvgIpc) is 3.47. The zero-order valence-corrected chi connectivity index (χ0v) is 18.6. The summed E-state index contributed by atoms with van der Waals surface area (Å²) < 4.78 is 43.1. The van der Waals surface area contributed by atoms with Crippen LogP contribution in [-0.2, 0) is 12.7 Å². The SMILES string of the molecule is Cc1nc2ccccc2n1CCCNC(=O)c1cnn(-c2cccc(C(F)(F)F)c2)c1C1CC1. The first-order chi connectivity index (χ1) is 16.3. The number of aryl methyl sites for hydroxylation is 2. The van der Waals surface area contributed by atoms with E-state index in [0.29, 0.717) is 36.5 Å². The highest BCUT2D eigenvalue weighted by Crippen LogP contribution is 2.42. The summed E-state index contributed by atoms with van der Waals surface area (Å²) in [6.07, 6.45) is -0.498. The number of hydrogen-bond acceptors (Lipinski definition) is 3. The number of carbonyl (C=O) groups excluding carboxylic acids is 1. The van der Waals surface area contributed by atoms with Crippen molar-refractivity contribution in [3.05, 3.63) is 77.4 Å². The molecule has 5 rings (SSSR count). The summed E-state index contributed by atoms with van der Waals surface area (Å²) in [4.78, 5) is 17.5. The van der Waals surface area contributed by atoms with Crippen LogP contribution >= 0.6 is 0 Å². The maximum absolute atomic E-state index is 13.2. The minimum Gasteiger partial charge on any atom is -0.352 e. The molecule has 1 amide bonds. The van der Waals surface area contributed by atoms with Crippen LogP contribution in [0.1, 0.15) is 52.6 Å². The van der Waals surface area contributed by atoms with Gasteiger partial charge in [0.2, 0.25) is 0 Å². The highest BCUT2D eigenvalue weighted by Gasteiger charge is 2.34. The number of hydrogen-bond donors (Lipinski definition) is 1. The number of aromatic nitrogens is 4. The van der Waals surface area contributed by atoms with Crippen molar-refractivity contribution in [1.29, 1.82) is 0 Å². The molecule has 4 aromatic rings. The van der Waals surface area contributed by atoms with Crippen molar-refractivity contribution >= 4 is 16.9 Å². The molecule has 176 valence electrons. The molecule has 0 atom stereocenters. The first kappa shape index (κ1) is 22.2. The lowest BCUT2D eigenvalue weighted by molar-refractivity contribution is -0.137. The summed E-state index contributed by atoms with van der Waals surface area (Å²) in [5.41, 5.74) is 2.66. The second-order valence-corrected chi connectivity index (χ2v) is 8.59. The van der Waals surface area contributed by atoms with Gasteiger partial charge in [-0.3, -0.25) is 4.79 Å². The summed E-state index contributed by atoms with van der Waals surface area (Å²) in [6.45, 7) is 3.14.